The fourth-order valence-corrected chi connectivity index (χ4v) is 6.13. The summed E-state index contributed by atoms with van der Waals surface area (Å²) in [5.41, 5.74) is 2.96. The molecule has 1 aliphatic rings. The van der Waals surface area contributed by atoms with Crippen LogP contribution in [0.1, 0.15) is 52.5 Å². The summed E-state index contributed by atoms with van der Waals surface area (Å²) in [6.45, 7) is 0.234. The number of fused-ring (bicyclic) bond motifs is 1. The highest BCUT2D eigenvalue weighted by Gasteiger charge is 2.26. The molecule has 3 N–H and O–H groups in total. The third-order valence-corrected chi connectivity index (χ3v) is 8.36. The zero-order valence-electron chi connectivity index (χ0n) is 21.6. The zero-order valence-corrected chi connectivity index (χ0v) is 22.4. The molecule has 9 heteroatoms. The van der Waals surface area contributed by atoms with Crippen LogP contribution in [0.2, 0.25) is 0 Å². The molecule has 40 heavy (non-hydrogen) atoms. The molecule has 0 bridgehead atoms. The summed E-state index contributed by atoms with van der Waals surface area (Å²) in [7, 11) is 0. The molecule has 6 rings (SSSR count). The predicted octanol–water partition coefficient (Wildman–Crippen LogP) is 7.28. The summed E-state index contributed by atoms with van der Waals surface area (Å²) in [6.07, 6.45) is 4.10. The van der Waals surface area contributed by atoms with Gasteiger partial charge in [-0.05, 0) is 66.3 Å². The van der Waals surface area contributed by atoms with E-state index in [4.69, 9.17) is 0 Å². The molecule has 0 saturated heterocycles. The topological polar surface area (TPSA) is 96.3 Å². The normalized spacial score (nSPS) is 13.5. The minimum absolute atomic E-state index is 0.0523. The van der Waals surface area contributed by atoms with Gasteiger partial charge in [0.05, 0.1) is 16.3 Å². The highest BCUT2D eigenvalue weighted by molar-refractivity contribution is 7.20. The van der Waals surface area contributed by atoms with E-state index in [1.165, 1.54) is 34.2 Å². The van der Waals surface area contributed by atoms with Crippen molar-refractivity contribution in [2.24, 2.45) is 0 Å². The Hall–Kier alpha value is -4.50. The number of phenols is 1. The van der Waals surface area contributed by atoms with Crippen LogP contribution < -0.4 is 10.6 Å². The smallest absolute Gasteiger partial charge is 0.342 e. The summed E-state index contributed by atoms with van der Waals surface area (Å²) in [4.78, 5) is 26.6. The number of hydrogen-bond donors (Lipinski definition) is 3. The van der Waals surface area contributed by atoms with Crippen molar-refractivity contribution in [2.45, 2.75) is 38.1 Å². The van der Waals surface area contributed by atoms with Crippen molar-refractivity contribution in [3.05, 3.63) is 101 Å². The lowest BCUT2D eigenvalue weighted by Crippen LogP contribution is -2.30. The van der Waals surface area contributed by atoms with Gasteiger partial charge in [0.2, 0.25) is 0 Å². The number of thiophene rings is 1. The fraction of sp³-hybridized carbons (Fsp3) is 0.194. The molecular formula is C31H27FN4O3S. The summed E-state index contributed by atoms with van der Waals surface area (Å²) in [6, 6.07) is 22.0. The molecule has 0 unspecified atom stereocenters. The van der Waals surface area contributed by atoms with Crippen molar-refractivity contribution in [3.8, 4) is 17.0 Å². The average Bonchev–Trinajstić information content (AvgIpc) is 3.72. The molecule has 0 spiro atoms. The van der Waals surface area contributed by atoms with Crippen molar-refractivity contribution in [1.82, 2.24) is 15.1 Å². The van der Waals surface area contributed by atoms with Crippen molar-refractivity contribution in [2.75, 3.05) is 5.32 Å². The number of amides is 2. The molecule has 0 radical (unpaired) electrons. The number of hydrogen-bond acceptors (Lipinski definition) is 5. The third-order valence-electron chi connectivity index (χ3n) is 7.24. The summed E-state index contributed by atoms with van der Waals surface area (Å²) in [5.74, 6) is -0.442. The van der Waals surface area contributed by atoms with Crippen molar-refractivity contribution < 1.29 is 19.1 Å². The standard InChI is InChI=1S/C31H27FN4O3S/c32-22-11-9-19(10-12-22)18-33-31(39)36-26(20-5-1-2-6-20)17-25(35-36)24-14-13-23(16-27(24)37)34-30(38)29-15-21-7-3-4-8-28(21)40-29/h3-4,7-17,20,37H,1-2,5-6,18H2,(H,33,39)(H,34,38). The van der Waals surface area contributed by atoms with Gasteiger partial charge in [-0.2, -0.15) is 9.78 Å². The highest BCUT2D eigenvalue weighted by Crippen LogP contribution is 2.38. The van der Waals surface area contributed by atoms with Gasteiger partial charge in [-0.3, -0.25) is 4.79 Å². The first kappa shape index (κ1) is 25.8. The number of benzene rings is 3. The van der Waals surface area contributed by atoms with Crippen LogP contribution >= 0.6 is 11.3 Å². The van der Waals surface area contributed by atoms with Crippen molar-refractivity contribution in [3.63, 3.8) is 0 Å². The maximum absolute atomic E-state index is 13.2. The minimum atomic E-state index is -0.385. The SMILES string of the molecule is O=C(Nc1ccc(-c2cc(C3CCCC3)n(C(=O)NCc3ccc(F)cc3)n2)c(O)c1)c1cc2ccccc2s1. The molecule has 1 saturated carbocycles. The Morgan fingerprint density at radius 3 is 2.52 bits per heavy atom. The molecule has 1 aliphatic carbocycles. The van der Waals surface area contributed by atoms with E-state index in [2.05, 4.69) is 15.7 Å². The number of halogens is 1. The Balaban J connectivity index is 1.22. The van der Waals surface area contributed by atoms with Crippen LogP contribution in [-0.2, 0) is 6.54 Å². The lowest BCUT2D eigenvalue weighted by atomic mass is 10.0. The first-order chi connectivity index (χ1) is 19.4. The number of phenolic OH excluding ortho intramolecular Hbond substituents is 1. The largest absolute Gasteiger partial charge is 0.507 e. The first-order valence-corrected chi connectivity index (χ1v) is 14.0. The second-order valence-corrected chi connectivity index (χ2v) is 11.1. The number of aromatic nitrogens is 2. The lowest BCUT2D eigenvalue weighted by Gasteiger charge is -2.12. The molecule has 5 aromatic rings. The Morgan fingerprint density at radius 2 is 1.77 bits per heavy atom. The van der Waals surface area contributed by atoms with Crippen LogP contribution in [0.5, 0.6) is 5.75 Å². The van der Waals surface area contributed by atoms with Gasteiger partial charge in [0, 0.05) is 34.5 Å². The molecule has 202 valence electrons. The lowest BCUT2D eigenvalue weighted by molar-refractivity contribution is 0.103. The number of anilines is 1. The summed E-state index contributed by atoms with van der Waals surface area (Å²) < 4.78 is 15.6. The molecule has 2 heterocycles. The van der Waals surface area contributed by atoms with Gasteiger partial charge in [-0.25, -0.2) is 9.18 Å². The molecule has 2 amide bonds. The molecular weight excluding hydrogens is 527 g/mol. The van der Waals surface area contributed by atoms with Crippen LogP contribution in [0.4, 0.5) is 14.9 Å². The Bertz CT molecular complexity index is 1670. The second-order valence-electron chi connectivity index (χ2n) is 9.97. The maximum atomic E-state index is 13.2. The van der Waals surface area contributed by atoms with E-state index >= 15 is 0 Å². The molecule has 1 fully saturated rings. The van der Waals surface area contributed by atoms with E-state index in [1.807, 2.05) is 36.4 Å². The maximum Gasteiger partial charge on any atom is 0.342 e. The van der Waals surface area contributed by atoms with Gasteiger partial charge in [-0.1, -0.05) is 43.2 Å². The Labute approximate surface area is 234 Å². The average molecular weight is 555 g/mol. The highest BCUT2D eigenvalue weighted by atomic mass is 32.1. The fourth-order valence-electron chi connectivity index (χ4n) is 5.17. The van der Waals surface area contributed by atoms with Gasteiger partial charge < -0.3 is 15.7 Å². The number of rotatable bonds is 6. The number of carbonyl (C=O) groups excluding carboxylic acids is 2. The van der Waals surface area contributed by atoms with Gasteiger partial charge in [0.25, 0.3) is 5.91 Å². The molecule has 0 aliphatic heterocycles. The van der Waals surface area contributed by atoms with Crippen LogP contribution in [-0.4, -0.2) is 26.8 Å². The van der Waals surface area contributed by atoms with E-state index in [0.29, 0.717) is 21.8 Å². The minimum Gasteiger partial charge on any atom is -0.507 e. The monoisotopic (exact) mass is 554 g/mol. The molecule has 0 atom stereocenters. The van der Waals surface area contributed by atoms with E-state index in [-0.39, 0.29) is 36.0 Å². The number of carbonyl (C=O) groups is 2. The van der Waals surface area contributed by atoms with Crippen molar-refractivity contribution in [1.29, 1.82) is 0 Å². The van der Waals surface area contributed by atoms with E-state index in [1.54, 1.807) is 24.3 Å². The Morgan fingerprint density at radius 1 is 1.00 bits per heavy atom. The van der Waals surface area contributed by atoms with Gasteiger partial charge >= 0.3 is 6.03 Å². The van der Waals surface area contributed by atoms with Crippen LogP contribution in [0, 0.1) is 5.82 Å². The zero-order chi connectivity index (χ0) is 27.6. The van der Waals surface area contributed by atoms with E-state index in [9.17, 15) is 19.1 Å². The van der Waals surface area contributed by atoms with Crippen LogP contribution in [0.15, 0.2) is 78.9 Å². The first-order valence-electron chi connectivity index (χ1n) is 13.2. The van der Waals surface area contributed by atoms with Crippen LogP contribution in [0.3, 0.4) is 0 Å². The molecule has 2 aromatic heterocycles. The van der Waals surface area contributed by atoms with Crippen LogP contribution in [0.25, 0.3) is 21.3 Å². The van der Waals surface area contributed by atoms with Gasteiger partial charge in [0.1, 0.15) is 11.6 Å². The van der Waals surface area contributed by atoms with Gasteiger partial charge in [0.15, 0.2) is 0 Å². The Kier molecular flexibility index (Phi) is 7.04. The summed E-state index contributed by atoms with van der Waals surface area (Å²) in [5, 5.41) is 22.2. The van der Waals surface area contributed by atoms with Crippen molar-refractivity contribution >= 4 is 39.0 Å². The van der Waals surface area contributed by atoms with E-state index < -0.39 is 0 Å². The molecule has 3 aromatic carbocycles. The van der Waals surface area contributed by atoms with Gasteiger partial charge in [-0.15, -0.1) is 11.3 Å². The second kappa shape index (κ2) is 10.9. The molecule has 7 nitrogen and oxygen atoms in total. The summed E-state index contributed by atoms with van der Waals surface area (Å²) >= 11 is 1.41. The number of aromatic hydroxyl groups is 1. The number of nitrogens with zero attached hydrogens (tertiary/aromatic N) is 2. The number of nitrogens with one attached hydrogen (secondary N) is 2. The predicted molar refractivity (Wildman–Crippen MR) is 154 cm³/mol. The quantitative estimate of drug-likeness (QED) is 0.206. The van der Waals surface area contributed by atoms with E-state index in [0.717, 1.165) is 47.0 Å². The third kappa shape index (κ3) is 5.33.